The van der Waals surface area contributed by atoms with Gasteiger partial charge in [-0.25, -0.2) is 4.39 Å². The van der Waals surface area contributed by atoms with Gasteiger partial charge in [-0.1, -0.05) is 11.6 Å². The lowest BCUT2D eigenvalue weighted by molar-refractivity contribution is 0.0303. The van der Waals surface area contributed by atoms with E-state index in [4.69, 9.17) is 22.1 Å². The lowest BCUT2D eigenvalue weighted by atomic mass is 9.98. The van der Waals surface area contributed by atoms with E-state index in [0.717, 1.165) is 10.9 Å². The molecule has 6 nitrogen and oxygen atoms in total. The Morgan fingerprint density at radius 1 is 1.00 bits per heavy atom. The molecule has 8 heteroatoms. The molecule has 0 saturated carbocycles. The smallest absolute Gasteiger partial charge is 0.254 e. The second kappa shape index (κ2) is 7.93. The molecule has 0 aliphatic carbocycles. The summed E-state index contributed by atoms with van der Waals surface area (Å²) in [5.74, 6) is -1.17. The Morgan fingerprint density at radius 2 is 1.75 bits per heavy atom. The normalized spacial score (nSPS) is 14.2. The van der Waals surface area contributed by atoms with Crippen LogP contribution in [0, 0.1) is 5.82 Å². The Balaban J connectivity index is 1.70. The molecular weight excluding hydrogens is 433 g/mol. The first-order valence-electron chi connectivity index (χ1n) is 10.1. The largest absolute Gasteiger partial charge is 0.378 e. The van der Waals surface area contributed by atoms with E-state index in [1.54, 1.807) is 29.2 Å². The van der Waals surface area contributed by atoms with Crippen LogP contribution in [0.1, 0.15) is 20.7 Å². The lowest BCUT2D eigenvalue weighted by Crippen LogP contribution is -2.40. The molecule has 32 heavy (non-hydrogen) atoms. The van der Waals surface area contributed by atoms with Gasteiger partial charge >= 0.3 is 0 Å². The van der Waals surface area contributed by atoms with E-state index in [0.29, 0.717) is 53.9 Å². The number of hydrogen-bond donors (Lipinski definition) is 2. The van der Waals surface area contributed by atoms with E-state index in [1.807, 2.05) is 12.1 Å². The number of nitrogens with one attached hydrogen (secondary N) is 1. The van der Waals surface area contributed by atoms with Crippen LogP contribution in [0.2, 0.25) is 5.02 Å². The van der Waals surface area contributed by atoms with Gasteiger partial charge in [0, 0.05) is 40.0 Å². The number of carbonyl (C=O) groups is 2. The predicted octanol–water partition coefficient (Wildman–Crippen LogP) is 4.35. The van der Waals surface area contributed by atoms with E-state index >= 15 is 0 Å². The van der Waals surface area contributed by atoms with Gasteiger partial charge in [0.1, 0.15) is 5.82 Å². The third kappa shape index (κ3) is 3.59. The Hall–Kier alpha value is -3.42. The van der Waals surface area contributed by atoms with Crippen molar-refractivity contribution >= 4 is 45.2 Å². The summed E-state index contributed by atoms with van der Waals surface area (Å²) in [6.45, 7) is 2.12. The van der Waals surface area contributed by atoms with Gasteiger partial charge in [-0.05, 0) is 59.7 Å². The van der Waals surface area contributed by atoms with Crippen molar-refractivity contribution in [2.45, 2.75) is 0 Å². The summed E-state index contributed by atoms with van der Waals surface area (Å²) in [4.78, 5) is 30.2. The summed E-state index contributed by atoms with van der Waals surface area (Å²) in [5, 5.41) is 1.73. The highest BCUT2D eigenvalue weighted by Crippen LogP contribution is 2.34. The van der Waals surface area contributed by atoms with Gasteiger partial charge in [0.15, 0.2) is 0 Å². The zero-order valence-electron chi connectivity index (χ0n) is 17.0. The summed E-state index contributed by atoms with van der Waals surface area (Å²) in [6, 6.07) is 13.0. The minimum Gasteiger partial charge on any atom is -0.378 e. The highest BCUT2D eigenvalue weighted by molar-refractivity contribution is 6.31. The molecule has 1 fully saturated rings. The van der Waals surface area contributed by atoms with E-state index in [9.17, 15) is 14.0 Å². The fourth-order valence-corrected chi connectivity index (χ4v) is 4.39. The van der Waals surface area contributed by atoms with Crippen molar-refractivity contribution < 1.29 is 18.7 Å². The summed E-state index contributed by atoms with van der Waals surface area (Å²) in [6.07, 6.45) is 0. The number of aromatic nitrogens is 1. The minimum absolute atomic E-state index is 0.0762. The topological polar surface area (TPSA) is 88.4 Å². The molecule has 0 bridgehead atoms. The monoisotopic (exact) mass is 451 g/mol. The van der Waals surface area contributed by atoms with Gasteiger partial charge in [0.05, 0.1) is 24.3 Å². The van der Waals surface area contributed by atoms with Crippen LogP contribution in [0.25, 0.3) is 32.9 Å². The minimum atomic E-state index is -0.615. The first-order chi connectivity index (χ1) is 15.4. The number of amides is 2. The first kappa shape index (κ1) is 20.5. The number of primary amides is 1. The second-order valence-electron chi connectivity index (χ2n) is 7.76. The fraction of sp³-hybridized carbons (Fsp3) is 0.167. The van der Waals surface area contributed by atoms with Crippen LogP contribution in [0.4, 0.5) is 4.39 Å². The average Bonchev–Trinajstić information content (AvgIpc) is 3.15. The number of H-pyrrole nitrogens is 1. The number of halogens is 2. The van der Waals surface area contributed by atoms with Crippen LogP contribution in [0.5, 0.6) is 0 Å². The molecule has 2 heterocycles. The van der Waals surface area contributed by atoms with Crippen LogP contribution >= 0.6 is 11.6 Å². The molecule has 0 radical (unpaired) electrons. The molecule has 2 amide bonds. The fourth-order valence-electron chi connectivity index (χ4n) is 4.16. The van der Waals surface area contributed by atoms with E-state index in [-0.39, 0.29) is 16.5 Å². The van der Waals surface area contributed by atoms with Crippen molar-refractivity contribution in [2.75, 3.05) is 26.3 Å². The van der Waals surface area contributed by atoms with Gasteiger partial charge in [-0.3, -0.25) is 9.59 Å². The number of nitrogens with zero attached hydrogens (tertiary/aromatic N) is 1. The highest BCUT2D eigenvalue weighted by Gasteiger charge is 2.21. The van der Waals surface area contributed by atoms with Crippen molar-refractivity contribution in [3.05, 3.63) is 70.5 Å². The zero-order valence-corrected chi connectivity index (χ0v) is 17.7. The molecule has 162 valence electrons. The van der Waals surface area contributed by atoms with E-state index < -0.39 is 11.7 Å². The number of morpholine rings is 1. The molecule has 0 atom stereocenters. The van der Waals surface area contributed by atoms with E-state index in [1.165, 1.54) is 12.1 Å². The number of aromatic amines is 1. The lowest BCUT2D eigenvalue weighted by Gasteiger charge is -2.26. The SMILES string of the molecule is NC(=O)c1cc(-c2cc(F)cc(Cl)c2)cc2c1[nH]c1ccc(C(=O)N3CCOCC3)cc12. The van der Waals surface area contributed by atoms with Gasteiger partial charge < -0.3 is 20.4 Å². The number of nitrogens with two attached hydrogens (primary N) is 1. The first-order valence-corrected chi connectivity index (χ1v) is 10.5. The van der Waals surface area contributed by atoms with Gasteiger partial charge in [0.2, 0.25) is 0 Å². The summed E-state index contributed by atoms with van der Waals surface area (Å²) < 4.78 is 19.3. The van der Waals surface area contributed by atoms with Crippen molar-refractivity contribution in [1.29, 1.82) is 0 Å². The molecule has 5 rings (SSSR count). The summed E-state index contributed by atoms with van der Waals surface area (Å²) >= 11 is 6.04. The van der Waals surface area contributed by atoms with Gasteiger partial charge in [0.25, 0.3) is 11.8 Å². The maximum Gasteiger partial charge on any atom is 0.254 e. The molecule has 1 aliphatic heterocycles. The van der Waals surface area contributed by atoms with Crippen LogP contribution < -0.4 is 5.73 Å². The van der Waals surface area contributed by atoms with Crippen molar-refractivity contribution in [3.63, 3.8) is 0 Å². The third-order valence-corrected chi connectivity index (χ3v) is 5.93. The molecule has 1 aromatic heterocycles. The van der Waals surface area contributed by atoms with Gasteiger partial charge in [-0.15, -0.1) is 0 Å². The standard InChI is InChI=1S/C24H19ClFN3O3/c25-16-7-14(8-17(26)12-16)15-10-19-18-9-13(24(31)29-3-5-32-6-4-29)1-2-21(18)28-22(19)20(11-15)23(27)30/h1-2,7-12,28H,3-6H2,(H2,27,30). The highest BCUT2D eigenvalue weighted by atomic mass is 35.5. The molecule has 1 saturated heterocycles. The number of benzene rings is 3. The molecule has 1 aliphatic rings. The molecule has 3 N–H and O–H groups in total. The maximum atomic E-state index is 14.0. The van der Waals surface area contributed by atoms with Crippen molar-refractivity contribution in [3.8, 4) is 11.1 Å². The van der Waals surface area contributed by atoms with Gasteiger partial charge in [-0.2, -0.15) is 0 Å². The number of rotatable bonds is 3. The Kier molecular flexibility index (Phi) is 5.07. The second-order valence-corrected chi connectivity index (χ2v) is 8.20. The Bertz CT molecular complexity index is 1370. The Morgan fingerprint density at radius 3 is 2.47 bits per heavy atom. The van der Waals surface area contributed by atoms with Crippen LogP contribution in [-0.2, 0) is 4.74 Å². The molecule has 3 aromatic carbocycles. The molecule has 0 spiro atoms. The van der Waals surface area contributed by atoms with Crippen molar-refractivity contribution in [2.24, 2.45) is 5.73 Å². The quantitative estimate of drug-likeness (QED) is 0.485. The zero-order chi connectivity index (χ0) is 22.4. The van der Waals surface area contributed by atoms with Crippen molar-refractivity contribution in [1.82, 2.24) is 9.88 Å². The maximum absolute atomic E-state index is 14.0. The summed E-state index contributed by atoms with van der Waals surface area (Å²) in [5.41, 5.74) is 8.91. The third-order valence-electron chi connectivity index (χ3n) is 5.71. The number of carbonyl (C=O) groups excluding carboxylic acids is 2. The average molecular weight is 452 g/mol. The number of ether oxygens (including phenoxy) is 1. The molecule has 4 aromatic rings. The van der Waals surface area contributed by atoms with Crippen LogP contribution in [0.15, 0.2) is 48.5 Å². The number of fused-ring (bicyclic) bond motifs is 3. The predicted molar refractivity (Wildman–Crippen MR) is 121 cm³/mol. The van der Waals surface area contributed by atoms with Crippen LogP contribution in [0.3, 0.4) is 0 Å². The number of hydrogen-bond acceptors (Lipinski definition) is 3. The molecular formula is C24H19ClFN3O3. The summed E-state index contributed by atoms with van der Waals surface area (Å²) in [7, 11) is 0. The van der Waals surface area contributed by atoms with Crippen LogP contribution in [-0.4, -0.2) is 48.0 Å². The molecule has 0 unspecified atom stereocenters. The van der Waals surface area contributed by atoms with E-state index in [2.05, 4.69) is 4.98 Å². The Labute approximate surface area is 187 Å².